The van der Waals surface area contributed by atoms with Gasteiger partial charge in [0.25, 0.3) is 6.43 Å². The Morgan fingerprint density at radius 2 is 2.13 bits per heavy atom. The number of aromatic nitrogens is 2. The lowest BCUT2D eigenvalue weighted by Crippen LogP contribution is -2.41. The summed E-state index contributed by atoms with van der Waals surface area (Å²) in [6, 6.07) is 3.13. The molecule has 3 aliphatic rings. The van der Waals surface area contributed by atoms with Gasteiger partial charge in [0.15, 0.2) is 0 Å². The Morgan fingerprint density at radius 1 is 1.26 bits per heavy atom. The second-order valence-corrected chi connectivity index (χ2v) is 10.2. The quantitative estimate of drug-likeness (QED) is 0.434. The van der Waals surface area contributed by atoms with E-state index in [-0.39, 0.29) is 29.1 Å². The molecule has 0 spiro atoms. The molecule has 2 aromatic heterocycles. The predicted octanol–water partition coefficient (Wildman–Crippen LogP) is 3.24. The van der Waals surface area contributed by atoms with Crippen LogP contribution in [0.25, 0.3) is 17.2 Å². The summed E-state index contributed by atoms with van der Waals surface area (Å²) in [7, 11) is 1.47. The van der Waals surface area contributed by atoms with Crippen LogP contribution in [-0.4, -0.2) is 65.1 Å². The summed E-state index contributed by atoms with van der Waals surface area (Å²) in [6.45, 7) is 1.54. The van der Waals surface area contributed by atoms with Crippen molar-refractivity contribution >= 4 is 29.4 Å². The SMILES string of the molecule is COc1cnc(C(F)F)cc1-c1cc(C=CCN2CCOCC2=O)ncc1NC1NNC(C#CC2CC2)S1. The molecule has 12 heteroatoms. The molecule has 2 atom stereocenters. The highest BCUT2D eigenvalue weighted by molar-refractivity contribution is 8.01. The van der Waals surface area contributed by atoms with Gasteiger partial charge in [0.05, 0.1) is 37.5 Å². The van der Waals surface area contributed by atoms with E-state index in [0.29, 0.717) is 53.9 Å². The van der Waals surface area contributed by atoms with Crippen molar-refractivity contribution in [3.05, 3.63) is 42.0 Å². The third-order valence-corrected chi connectivity index (χ3v) is 7.16. The van der Waals surface area contributed by atoms with Gasteiger partial charge in [-0.05, 0) is 31.1 Å². The van der Waals surface area contributed by atoms with Crippen LogP contribution in [0.2, 0.25) is 0 Å². The molecule has 2 saturated heterocycles. The van der Waals surface area contributed by atoms with Gasteiger partial charge in [-0.3, -0.25) is 14.8 Å². The smallest absolute Gasteiger partial charge is 0.280 e. The normalized spacial score (nSPS) is 21.6. The predicted molar refractivity (Wildman–Crippen MR) is 141 cm³/mol. The first-order valence-electron chi connectivity index (χ1n) is 12.3. The van der Waals surface area contributed by atoms with Gasteiger partial charge in [0.1, 0.15) is 28.9 Å². The van der Waals surface area contributed by atoms with E-state index < -0.39 is 6.43 Å². The van der Waals surface area contributed by atoms with Crippen LogP contribution >= 0.6 is 11.8 Å². The Balaban J connectivity index is 1.41. The molecule has 5 rings (SSSR count). The maximum absolute atomic E-state index is 13.5. The maximum Gasteiger partial charge on any atom is 0.280 e. The van der Waals surface area contributed by atoms with E-state index in [4.69, 9.17) is 9.47 Å². The number of ether oxygens (including phenoxy) is 2. The molecular formula is C26H28F2N6O3S. The summed E-state index contributed by atoms with van der Waals surface area (Å²) in [5.41, 5.74) is 8.06. The highest BCUT2D eigenvalue weighted by atomic mass is 32.2. The Morgan fingerprint density at radius 3 is 2.89 bits per heavy atom. The van der Waals surface area contributed by atoms with E-state index >= 15 is 0 Å². The zero-order valence-corrected chi connectivity index (χ0v) is 21.6. The number of morpholine rings is 1. The lowest BCUT2D eigenvalue weighted by atomic mass is 10.0. The molecule has 3 fully saturated rings. The van der Waals surface area contributed by atoms with Crippen molar-refractivity contribution in [2.75, 3.05) is 38.7 Å². The van der Waals surface area contributed by atoms with Crippen LogP contribution < -0.4 is 20.9 Å². The van der Waals surface area contributed by atoms with E-state index in [1.54, 1.807) is 35.0 Å². The van der Waals surface area contributed by atoms with Gasteiger partial charge in [-0.2, -0.15) is 0 Å². The molecule has 3 N–H and O–H groups in total. The third kappa shape index (κ3) is 6.60. The van der Waals surface area contributed by atoms with Crippen LogP contribution in [0, 0.1) is 17.8 Å². The lowest BCUT2D eigenvalue weighted by Gasteiger charge is -2.25. The average molecular weight is 543 g/mol. The summed E-state index contributed by atoms with van der Waals surface area (Å²) < 4.78 is 37.7. The molecule has 2 aromatic rings. The Labute approximate surface area is 223 Å². The Hall–Kier alpha value is -3.24. The number of anilines is 1. The minimum Gasteiger partial charge on any atom is -0.494 e. The number of carbonyl (C=O) groups is 1. The lowest BCUT2D eigenvalue weighted by molar-refractivity contribution is -0.141. The number of methoxy groups -OCH3 is 1. The first-order chi connectivity index (χ1) is 18.5. The number of pyridine rings is 2. The number of hydrazine groups is 1. The number of nitrogens with zero attached hydrogens (tertiary/aromatic N) is 3. The number of carbonyl (C=O) groups excluding carboxylic acids is 1. The van der Waals surface area contributed by atoms with Crippen molar-refractivity contribution in [3.8, 4) is 28.7 Å². The summed E-state index contributed by atoms with van der Waals surface area (Å²) in [4.78, 5) is 22.1. The van der Waals surface area contributed by atoms with Crippen molar-refractivity contribution in [2.24, 2.45) is 5.92 Å². The Kier molecular flexibility index (Phi) is 8.38. The molecule has 1 aliphatic carbocycles. The van der Waals surface area contributed by atoms with E-state index in [1.165, 1.54) is 19.4 Å². The summed E-state index contributed by atoms with van der Waals surface area (Å²) in [5, 5.41) is 3.31. The van der Waals surface area contributed by atoms with Crippen LogP contribution in [0.1, 0.15) is 30.7 Å². The zero-order valence-electron chi connectivity index (χ0n) is 20.7. The van der Waals surface area contributed by atoms with Crippen LogP contribution in [0.15, 0.2) is 30.6 Å². The summed E-state index contributed by atoms with van der Waals surface area (Å²) in [6.07, 6.45) is 6.18. The largest absolute Gasteiger partial charge is 0.494 e. The van der Waals surface area contributed by atoms with Crippen molar-refractivity contribution in [3.63, 3.8) is 0 Å². The molecule has 1 saturated carbocycles. The second-order valence-electron chi connectivity index (χ2n) is 8.95. The molecule has 0 bridgehead atoms. The molecule has 1 amide bonds. The van der Waals surface area contributed by atoms with Gasteiger partial charge in [-0.1, -0.05) is 29.7 Å². The van der Waals surface area contributed by atoms with Gasteiger partial charge in [0, 0.05) is 30.1 Å². The number of alkyl halides is 2. The molecule has 4 heterocycles. The van der Waals surface area contributed by atoms with Crippen molar-refractivity contribution in [1.82, 2.24) is 25.7 Å². The fourth-order valence-corrected chi connectivity index (χ4v) is 4.83. The highest BCUT2D eigenvalue weighted by Gasteiger charge is 2.26. The van der Waals surface area contributed by atoms with Crippen LogP contribution in [0.5, 0.6) is 5.75 Å². The van der Waals surface area contributed by atoms with Crippen LogP contribution in [0.4, 0.5) is 14.5 Å². The monoisotopic (exact) mass is 542 g/mol. The first kappa shape index (κ1) is 26.4. The first-order valence-corrected chi connectivity index (χ1v) is 13.2. The second kappa shape index (κ2) is 12.1. The van der Waals surface area contributed by atoms with E-state index in [0.717, 1.165) is 12.8 Å². The minimum absolute atomic E-state index is 0.0644. The number of halogens is 2. The van der Waals surface area contributed by atoms with Crippen LogP contribution in [0.3, 0.4) is 0 Å². The molecule has 0 aromatic carbocycles. The molecule has 0 radical (unpaired) electrons. The number of nitrogens with one attached hydrogen (secondary N) is 3. The van der Waals surface area contributed by atoms with Crippen molar-refractivity contribution < 1.29 is 23.0 Å². The van der Waals surface area contributed by atoms with E-state index in [2.05, 4.69) is 38.0 Å². The molecule has 9 nitrogen and oxygen atoms in total. The number of hydrogen-bond acceptors (Lipinski definition) is 9. The van der Waals surface area contributed by atoms with Gasteiger partial charge in [0.2, 0.25) is 5.91 Å². The fourth-order valence-electron chi connectivity index (χ4n) is 3.95. The van der Waals surface area contributed by atoms with Crippen molar-refractivity contribution in [2.45, 2.75) is 30.1 Å². The van der Waals surface area contributed by atoms with E-state index in [9.17, 15) is 13.6 Å². The fraction of sp³-hybridized carbons (Fsp3) is 0.423. The third-order valence-electron chi connectivity index (χ3n) is 6.15. The minimum atomic E-state index is -2.73. The van der Waals surface area contributed by atoms with Gasteiger partial charge >= 0.3 is 0 Å². The average Bonchev–Trinajstić information content (AvgIpc) is 3.66. The van der Waals surface area contributed by atoms with E-state index in [1.807, 2.05) is 6.08 Å². The van der Waals surface area contributed by atoms with Gasteiger partial charge in [-0.15, -0.1) is 0 Å². The summed E-state index contributed by atoms with van der Waals surface area (Å²) >= 11 is 1.57. The molecular weight excluding hydrogens is 514 g/mol. The highest BCUT2D eigenvalue weighted by Crippen LogP contribution is 2.38. The van der Waals surface area contributed by atoms with Crippen molar-refractivity contribution in [1.29, 1.82) is 0 Å². The number of thioether (sulfide) groups is 1. The molecule has 200 valence electrons. The standard InChI is InChI=1S/C26H28F2N6O3S/c1-36-22-14-30-20(25(27)28)12-19(22)18-11-17(3-2-8-34-9-10-37-15-24(34)35)29-13-21(18)31-26-33-32-23(38-26)7-6-16-4-5-16/h2-3,11-14,16,23,25-26,31-33H,4-5,8-10,15H2,1H3. The number of amides is 1. The topological polar surface area (TPSA) is 101 Å². The number of hydrogen-bond donors (Lipinski definition) is 3. The molecule has 38 heavy (non-hydrogen) atoms. The summed E-state index contributed by atoms with van der Waals surface area (Å²) in [5.74, 6) is 7.29. The number of rotatable bonds is 8. The molecule has 2 unspecified atom stereocenters. The van der Waals surface area contributed by atoms with Gasteiger partial charge < -0.3 is 19.7 Å². The maximum atomic E-state index is 13.5. The zero-order chi connectivity index (χ0) is 26.5. The Bertz CT molecular complexity index is 1260. The van der Waals surface area contributed by atoms with Crippen LogP contribution in [-0.2, 0) is 9.53 Å². The van der Waals surface area contributed by atoms with Gasteiger partial charge in [-0.25, -0.2) is 19.6 Å². The molecule has 2 aliphatic heterocycles.